The van der Waals surface area contributed by atoms with Gasteiger partial charge in [-0.2, -0.15) is 5.26 Å². The van der Waals surface area contributed by atoms with Crippen LogP contribution in [-0.4, -0.2) is 48.4 Å². The summed E-state index contributed by atoms with van der Waals surface area (Å²) in [6.07, 6.45) is 8.15. The number of fused-ring (bicyclic) bond motifs is 1. The topological polar surface area (TPSA) is 143 Å². The maximum atomic E-state index is 10.3. The largest absolute Gasteiger partial charge is 0.497 e. The van der Waals surface area contributed by atoms with E-state index < -0.39 is 0 Å². The van der Waals surface area contributed by atoms with Gasteiger partial charge >= 0.3 is 0 Å². The molecule has 2 atom stereocenters. The number of aliphatic hydroxyl groups is 1. The molecule has 2 unspecified atom stereocenters. The maximum Gasteiger partial charge on any atom is 0.134 e. The molecule has 0 bridgehead atoms. The van der Waals surface area contributed by atoms with Crippen LogP contribution in [0.3, 0.4) is 0 Å². The van der Waals surface area contributed by atoms with E-state index in [0.29, 0.717) is 18.2 Å². The first-order valence-corrected chi connectivity index (χ1v) is 13.1. The Kier molecular flexibility index (Phi) is 15.3. The van der Waals surface area contributed by atoms with Gasteiger partial charge in [0.1, 0.15) is 42.3 Å². The number of nitriles is 1. The van der Waals surface area contributed by atoms with Crippen molar-refractivity contribution in [2.24, 2.45) is 18.7 Å². The van der Waals surface area contributed by atoms with Crippen molar-refractivity contribution in [1.29, 1.82) is 5.26 Å². The molecule has 0 radical (unpaired) electrons. The van der Waals surface area contributed by atoms with Gasteiger partial charge in [-0.15, -0.1) is 11.3 Å². The summed E-state index contributed by atoms with van der Waals surface area (Å²) in [6, 6.07) is 10.1. The summed E-state index contributed by atoms with van der Waals surface area (Å²) in [4.78, 5) is 23.5. The van der Waals surface area contributed by atoms with Crippen molar-refractivity contribution in [2.45, 2.75) is 45.1 Å². The van der Waals surface area contributed by atoms with Crippen LogP contribution in [0.1, 0.15) is 53.1 Å². The smallest absolute Gasteiger partial charge is 0.134 e. The molecule has 0 aliphatic heterocycles. The summed E-state index contributed by atoms with van der Waals surface area (Å²) < 4.78 is 6.87. The minimum absolute atomic E-state index is 0.0174. The normalized spacial score (nSPS) is 14.0. The van der Waals surface area contributed by atoms with Crippen LogP contribution < -0.4 is 15.8 Å². The summed E-state index contributed by atoms with van der Waals surface area (Å²) in [5.74, 6) is 2.42. The van der Waals surface area contributed by atoms with E-state index in [1.165, 1.54) is 10.4 Å². The Morgan fingerprint density at radius 3 is 2.68 bits per heavy atom. The second kappa shape index (κ2) is 17.9. The third kappa shape index (κ3) is 9.41. The molecule has 4 rings (SSSR count). The Balaban J connectivity index is 0.000000287. The number of rotatable bonds is 7. The Hall–Kier alpha value is -3.52. The zero-order valence-electron chi connectivity index (χ0n) is 22.6. The summed E-state index contributed by atoms with van der Waals surface area (Å²) in [5, 5.41) is 21.7. The predicted octanol–water partition coefficient (Wildman–Crippen LogP) is 3.84. The Morgan fingerprint density at radius 2 is 2.18 bits per heavy atom. The van der Waals surface area contributed by atoms with Crippen molar-refractivity contribution in [3.05, 3.63) is 64.1 Å². The highest BCUT2D eigenvalue weighted by molar-refractivity contribution is 7.16. The minimum atomic E-state index is 0.0174. The van der Waals surface area contributed by atoms with E-state index in [4.69, 9.17) is 25.6 Å². The van der Waals surface area contributed by atoms with Crippen LogP contribution in [0.15, 0.2) is 36.7 Å². The Morgan fingerprint density at radius 1 is 1.45 bits per heavy atom. The molecule has 2 aromatic heterocycles. The molecule has 4 N–H and O–H groups in total. The van der Waals surface area contributed by atoms with Gasteiger partial charge in [0.05, 0.1) is 12.7 Å². The molecule has 0 amide bonds. The maximum absolute atomic E-state index is 10.3. The van der Waals surface area contributed by atoms with Crippen molar-refractivity contribution >= 4 is 29.4 Å². The quantitative estimate of drug-likeness (QED) is 0.383. The van der Waals surface area contributed by atoms with Crippen LogP contribution >= 0.6 is 11.3 Å². The predicted molar refractivity (Wildman–Crippen MR) is 151 cm³/mol. The number of aryl methyl sites for hydroxylation is 1. The zero-order chi connectivity index (χ0) is 28.5. The molecule has 2 heterocycles. The van der Waals surface area contributed by atoms with Crippen LogP contribution in [0.25, 0.3) is 0 Å². The molecule has 0 saturated carbocycles. The number of thiophene rings is 1. The third-order valence-electron chi connectivity index (χ3n) is 6.21. The zero-order valence-corrected chi connectivity index (χ0v) is 23.5. The highest BCUT2D eigenvalue weighted by Crippen LogP contribution is 2.38. The molecule has 9 nitrogen and oxygen atoms in total. The average Bonchev–Trinajstić information content (AvgIpc) is 3.56. The van der Waals surface area contributed by atoms with Crippen molar-refractivity contribution in [1.82, 2.24) is 9.55 Å². The van der Waals surface area contributed by atoms with Gasteiger partial charge in [-0.3, -0.25) is 0 Å². The lowest BCUT2D eigenvalue weighted by molar-refractivity contribution is -0.108. The number of hydrogen-bond acceptors (Lipinski definition) is 9. The fraction of sp³-hybridized carbons (Fsp3) is 0.429. The Bertz CT molecular complexity index is 1150. The van der Waals surface area contributed by atoms with Crippen molar-refractivity contribution in [3.8, 4) is 11.8 Å². The number of aldehydes is 1. The number of aromatic nitrogens is 2. The fourth-order valence-electron chi connectivity index (χ4n) is 3.93. The van der Waals surface area contributed by atoms with E-state index in [-0.39, 0.29) is 12.5 Å². The molecule has 3 aromatic rings. The molecule has 1 aliphatic rings. The number of nitrogens with two attached hydrogens (primary N) is 1. The van der Waals surface area contributed by atoms with Gasteiger partial charge in [0.25, 0.3) is 0 Å². The lowest BCUT2D eigenvalue weighted by Gasteiger charge is -2.20. The number of imidazole rings is 1. The van der Waals surface area contributed by atoms with E-state index in [1.807, 2.05) is 52.1 Å². The molecule has 1 aromatic carbocycles. The highest BCUT2D eigenvalue weighted by Gasteiger charge is 2.24. The van der Waals surface area contributed by atoms with Crippen LogP contribution in [0.5, 0.6) is 5.75 Å². The van der Waals surface area contributed by atoms with Gasteiger partial charge in [-0.1, -0.05) is 19.1 Å². The molecule has 0 saturated heterocycles. The molecule has 206 valence electrons. The fourth-order valence-corrected chi connectivity index (χ4v) is 5.19. The number of nitrogens with one attached hydrogen (secondary N) is 1. The molecule has 10 heteroatoms. The first-order chi connectivity index (χ1) is 18.4. The van der Waals surface area contributed by atoms with E-state index in [9.17, 15) is 4.79 Å². The minimum Gasteiger partial charge on any atom is -0.497 e. The number of hydrogen-bond donors (Lipinski definition) is 3. The van der Waals surface area contributed by atoms with Crippen LogP contribution in [-0.2, 0) is 36.1 Å². The monoisotopic (exact) mass is 541 g/mol. The summed E-state index contributed by atoms with van der Waals surface area (Å²) >= 11 is 1.72. The van der Waals surface area contributed by atoms with E-state index in [1.54, 1.807) is 35.4 Å². The standard InChI is InChI=1S/C11H15N3S.C11H14O2.C5H8N2O.CH2O/c1-14-11-9(6-13)8-3-2-7(5-12)4-10(8)15-11;1-9(6-7-12)10-4-3-5-11(8-10)13-2;1-7-3-2-6-5(7)4-8;1-2/h7,14H,2-5,12H2,1H3;3-5,7-9H,6H2,1-2H3;2-3,8H,4H2,1H3;1H2. The number of aliphatic hydroxyl groups excluding tert-OH is 1. The van der Waals surface area contributed by atoms with Gasteiger partial charge < -0.3 is 35.1 Å². The second-order valence-electron chi connectivity index (χ2n) is 8.61. The first kappa shape index (κ1) is 32.5. The van der Waals surface area contributed by atoms with Gasteiger partial charge in [0.2, 0.25) is 0 Å². The van der Waals surface area contributed by atoms with Crippen molar-refractivity contribution in [3.63, 3.8) is 0 Å². The number of carbonyl (C=O) groups excluding carboxylic acids is 2. The van der Waals surface area contributed by atoms with Gasteiger partial charge in [0.15, 0.2) is 0 Å². The molecular formula is C28H39N5O4S. The lowest BCUT2D eigenvalue weighted by Crippen LogP contribution is -2.21. The number of benzene rings is 1. The second-order valence-corrected chi connectivity index (χ2v) is 9.71. The van der Waals surface area contributed by atoms with Gasteiger partial charge in [0, 0.05) is 37.8 Å². The number of ether oxygens (including phenoxy) is 1. The molecular weight excluding hydrogens is 502 g/mol. The molecule has 38 heavy (non-hydrogen) atoms. The number of carbonyl (C=O) groups is 2. The Labute approximate surface area is 229 Å². The van der Waals surface area contributed by atoms with E-state index in [0.717, 1.165) is 54.0 Å². The molecule has 0 fully saturated rings. The summed E-state index contributed by atoms with van der Waals surface area (Å²) in [6.45, 7) is 4.81. The van der Waals surface area contributed by atoms with Gasteiger partial charge in [-0.05, 0) is 60.9 Å². The third-order valence-corrected chi connectivity index (χ3v) is 7.49. The van der Waals surface area contributed by atoms with E-state index in [2.05, 4.69) is 16.4 Å². The van der Waals surface area contributed by atoms with E-state index >= 15 is 0 Å². The summed E-state index contributed by atoms with van der Waals surface area (Å²) in [5.41, 5.74) is 8.95. The molecule has 0 spiro atoms. The first-order valence-electron chi connectivity index (χ1n) is 12.3. The number of nitrogens with zero attached hydrogens (tertiary/aromatic N) is 3. The SMILES string of the molecule is C=O.CNc1sc2c(c1C#N)CCC(CN)C2.COc1cccc(C(C)CC=O)c1.Cn1ccnc1CO. The van der Waals surface area contributed by atoms with Crippen LogP contribution in [0.2, 0.25) is 0 Å². The average molecular weight is 542 g/mol. The van der Waals surface area contributed by atoms with Crippen molar-refractivity contribution in [2.75, 3.05) is 26.0 Å². The van der Waals surface area contributed by atoms with Crippen LogP contribution in [0, 0.1) is 17.2 Å². The number of methoxy groups -OCH3 is 1. The number of anilines is 1. The summed E-state index contributed by atoms with van der Waals surface area (Å²) in [7, 11) is 5.36. The van der Waals surface area contributed by atoms with Crippen LogP contribution in [0.4, 0.5) is 5.00 Å². The van der Waals surface area contributed by atoms with Gasteiger partial charge in [-0.25, -0.2) is 4.98 Å². The lowest BCUT2D eigenvalue weighted by atomic mass is 9.87. The van der Waals surface area contributed by atoms with Crippen molar-refractivity contribution < 1.29 is 19.4 Å². The molecule has 1 aliphatic carbocycles. The highest BCUT2D eigenvalue weighted by atomic mass is 32.1.